The van der Waals surface area contributed by atoms with E-state index in [-0.39, 0.29) is 0 Å². The first kappa shape index (κ1) is 37.5. The van der Waals surface area contributed by atoms with Gasteiger partial charge >= 0.3 is 0 Å². The molecule has 0 nitrogen and oxygen atoms in total. The first-order valence-electron chi connectivity index (χ1n) is 13.4. The molecule has 0 aliphatic rings. The lowest BCUT2D eigenvalue weighted by molar-refractivity contribution is 0.509. The van der Waals surface area contributed by atoms with E-state index in [9.17, 15) is 0 Å². The molecule has 0 spiro atoms. The summed E-state index contributed by atoms with van der Waals surface area (Å²) in [6.07, 6.45) is 22.1. The molecule has 36 heavy (non-hydrogen) atoms. The molecule has 0 heterocycles. The fourth-order valence-corrected chi connectivity index (χ4v) is 3.32. The van der Waals surface area contributed by atoms with Crippen molar-refractivity contribution >= 4 is 5.57 Å². The van der Waals surface area contributed by atoms with Crippen LogP contribution < -0.4 is 0 Å². The van der Waals surface area contributed by atoms with Gasteiger partial charge in [-0.1, -0.05) is 151 Å². The number of terminal acetylenes is 1. The predicted octanol–water partition coefficient (Wildman–Crippen LogP) is 11.6. The van der Waals surface area contributed by atoms with Gasteiger partial charge in [0.15, 0.2) is 0 Å². The molecule has 0 radical (unpaired) electrons. The average molecular weight is 487 g/mol. The highest BCUT2D eigenvalue weighted by molar-refractivity contribution is 5.81. The first-order valence-corrected chi connectivity index (χ1v) is 13.4. The van der Waals surface area contributed by atoms with Crippen LogP contribution in [-0.4, -0.2) is 0 Å². The summed E-state index contributed by atoms with van der Waals surface area (Å²) in [5.41, 5.74) is 7.80. The van der Waals surface area contributed by atoms with Crippen LogP contribution in [0.1, 0.15) is 96.9 Å². The number of benzene rings is 2. The summed E-state index contributed by atoms with van der Waals surface area (Å²) in [4.78, 5) is 0. The van der Waals surface area contributed by atoms with Crippen molar-refractivity contribution in [2.45, 2.75) is 88.5 Å². The Morgan fingerprint density at radius 2 is 1.56 bits per heavy atom. The van der Waals surface area contributed by atoms with Crippen molar-refractivity contribution < 1.29 is 0 Å². The number of allylic oxidation sites excluding steroid dienone is 6. The minimum atomic E-state index is 0.949. The van der Waals surface area contributed by atoms with E-state index in [1.165, 1.54) is 52.7 Å². The topological polar surface area (TPSA) is 0 Å². The molecule has 0 aromatic heterocycles. The van der Waals surface area contributed by atoms with Crippen LogP contribution in [0.25, 0.3) is 5.57 Å². The Kier molecular flexibility index (Phi) is 27.7. The van der Waals surface area contributed by atoms with E-state index in [0.29, 0.717) is 0 Å². The van der Waals surface area contributed by atoms with Crippen LogP contribution in [0.2, 0.25) is 0 Å². The molecular formula is C36H54. The predicted molar refractivity (Wildman–Crippen MR) is 169 cm³/mol. The zero-order chi connectivity index (χ0) is 28.4. The summed E-state index contributed by atoms with van der Waals surface area (Å²) < 4.78 is 0. The van der Waals surface area contributed by atoms with E-state index in [1.54, 1.807) is 6.08 Å². The Bertz CT molecular complexity index is 888. The van der Waals surface area contributed by atoms with Crippen LogP contribution >= 0.6 is 0 Å². The SMILES string of the molecule is C#C.C/C=C(\c1ccccc1)c1cc(C)ccc1C.C=C/C=C(C)\C=C/C.CC.CCCC(C)CC. The lowest BCUT2D eigenvalue weighted by atomic mass is 9.93. The zero-order valence-corrected chi connectivity index (χ0v) is 25.1. The first-order chi connectivity index (χ1) is 17.3. The molecule has 0 heteroatoms. The van der Waals surface area contributed by atoms with Gasteiger partial charge in [0, 0.05) is 0 Å². The molecule has 0 aliphatic carbocycles. The second-order valence-corrected chi connectivity index (χ2v) is 8.34. The zero-order valence-electron chi connectivity index (χ0n) is 25.1. The van der Waals surface area contributed by atoms with Crippen LogP contribution in [0.3, 0.4) is 0 Å². The summed E-state index contributed by atoms with van der Waals surface area (Å²) in [6, 6.07) is 17.2. The lowest BCUT2D eigenvalue weighted by Crippen LogP contribution is -1.92. The quantitative estimate of drug-likeness (QED) is 0.269. The van der Waals surface area contributed by atoms with Crippen LogP contribution in [0.15, 0.2) is 91.1 Å². The van der Waals surface area contributed by atoms with Gasteiger partial charge in [0.2, 0.25) is 0 Å². The van der Waals surface area contributed by atoms with E-state index in [2.05, 4.69) is 116 Å². The van der Waals surface area contributed by atoms with Gasteiger partial charge in [0.05, 0.1) is 0 Å². The molecule has 0 saturated heterocycles. The van der Waals surface area contributed by atoms with E-state index >= 15 is 0 Å². The maximum absolute atomic E-state index is 4.00. The fraction of sp³-hybridized carbons (Fsp3) is 0.389. The molecule has 2 aromatic rings. The van der Waals surface area contributed by atoms with Gasteiger partial charge in [-0.25, -0.2) is 0 Å². The van der Waals surface area contributed by atoms with Crippen molar-refractivity contribution in [3.63, 3.8) is 0 Å². The van der Waals surface area contributed by atoms with Crippen LogP contribution in [0.5, 0.6) is 0 Å². The standard InChI is InChI=1S/C17H18.C8H12.C7H16.C2H6.C2H2/c1-4-16(15-8-6-5-7-9-15)17-12-13(2)10-11-14(17)3;1-4-6-8(3)7-5-2;1-4-6-7(3)5-2;2*1-2/h4-12H,1-3H3;4-7H,1H2,2-3H3;7H,4-6H2,1-3H3;1-2H3;1-2H/b16-4+;7-5-,8-6-;;;. The minimum Gasteiger partial charge on any atom is -0.124 e. The van der Waals surface area contributed by atoms with E-state index in [4.69, 9.17) is 0 Å². The number of rotatable bonds is 7. The molecule has 0 amide bonds. The van der Waals surface area contributed by atoms with Crippen LogP contribution in [-0.2, 0) is 0 Å². The summed E-state index contributed by atoms with van der Waals surface area (Å²) in [5, 5.41) is 0. The maximum atomic E-state index is 4.00. The normalized spacial score (nSPS) is 11.2. The van der Waals surface area contributed by atoms with E-state index in [0.717, 1.165) is 5.92 Å². The van der Waals surface area contributed by atoms with E-state index < -0.39 is 0 Å². The Labute approximate surface area is 226 Å². The van der Waals surface area contributed by atoms with Crippen molar-refractivity contribution in [2.24, 2.45) is 5.92 Å². The lowest BCUT2D eigenvalue weighted by Gasteiger charge is -2.12. The van der Waals surface area contributed by atoms with Gasteiger partial charge in [-0.3, -0.25) is 0 Å². The molecule has 1 unspecified atom stereocenters. The minimum absolute atomic E-state index is 0.949. The van der Waals surface area contributed by atoms with Gasteiger partial charge in [-0.15, -0.1) is 12.8 Å². The molecule has 2 rings (SSSR count). The summed E-state index contributed by atoms with van der Waals surface area (Å²) in [6.45, 7) is 24.8. The third-order valence-corrected chi connectivity index (χ3v) is 5.35. The van der Waals surface area contributed by atoms with Crippen molar-refractivity contribution in [1.82, 2.24) is 0 Å². The molecule has 0 aliphatic heterocycles. The number of aryl methyl sites for hydroxylation is 2. The molecule has 1 atom stereocenters. The second kappa shape index (κ2) is 26.6. The molecule has 0 bridgehead atoms. The molecule has 0 N–H and O–H groups in total. The fourth-order valence-electron chi connectivity index (χ4n) is 3.32. The van der Waals surface area contributed by atoms with Crippen molar-refractivity contribution in [3.05, 3.63) is 113 Å². The maximum Gasteiger partial charge on any atom is -0.0149 e. The van der Waals surface area contributed by atoms with Gasteiger partial charge in [-0.05, 0) is 62.8 Å². The largest absolute Gasteiger partial charge is 0.124 e. The van der Waals surface area contributed by atoms with Crippen molar-refractivity contribution in [2.75, 3.05) is 0 Å². The monoisotopic (exact) mass is 486 g/mol. The summed E-state index contributed by atoms with van der Waals surface area (Å²) in [5.74, 6) is 0.949. The molecule has 2 aromatic carbocycles. The van der Waals surface area contributed by atoms with Crippen LogP contribution in [0, 0.1) is 32.6 Å². The van der Waals surface area contributed by atoms with Crippen molar-refractivity contribution in [1.29, 1.82) is 0 Å². The van der Waals surface area contributed by atoms with Gasteiger partial charge in [0.25, 0.3) is 0 Å². The molecule has 198 valence electrons. The number of hydrogen-bond acceptors (Lipinski definition) is 0. The Morgan fingerprint density at radius 1 is 0.972 bits per heavy atom. The Balaban J connectivity index is -0.000000483. The molecule has 0 saturated carbocycles. The van der Waals surface area contributed by atoms with Gasteiger partial charge in [-0.2, -0.15) is 0 Å². The third kappa shape index (κ3) is 18.3. The van der Waals surface area contributed by atoms with Gasteiger partial charge < -0.3 is 0 Å². The molecule has 0 fully saturated rings. The summed E-state index contributed by atoms with van der Waals surface area (Å²) in [7, 11) is 0. The third-order valence-electron chi connectivity index (χ3n) is 5.35. The second-order valence-electron chi connectivity index (χ2n) is 8.34. The van der Waals surface area contributed by atoms with Crippen molar-refractivity contribution in [3.8, 4) is 12.8 Å². The van der Waals surface area contributed by atoms with Gasteiger partial charge in [0.1, 0.15) is 0 Å². The Morgan fingerprint density at radius 3 is 1.97 bits per heavy atom. The van der Waals surface area contributed by atoms with Crippen LogP contribution in [0.4, 0.5) is 0 Å². The highest BCUT2D eigenvalue weighted by atomic mass is 14.1. The smallest absolute Gasteiger partial charge is 0.0149 e. The number of hydrogen-bond donors (Lipinski definition) is 0. The highest BCUT2D eigenvalue weighted by Crippen LogP contribution is 2.26. The highest BCUT2D eigenvalue weighted by Gasteiger charge is 2.06. The average Bonchev–Trinajstić information content (AvgIpc) is 2.91. The summed E-state index contributed by atoms with van der Waals surface area (Å²) >= 11 is 0. The molecular weight excluding hydrogens is 432 g/mol. The van der Waals surface area contributed by atoms with E-state index in [1.807, 2.05) is 45.9 Å². The Hall–Kier alpha value is -3.04.